The minimum Gasteiger partial charge on any atom is -0.478 e. The Kier molecular flexibility index (Phi) is 3.23. The lowest BCUT2D eigenvalue weighted by atomic mass is 10.0. The minimum absolute atomic E-state index is 0.0672. The van der Waals surface area contributed by atoms with Gasteiger partial charge in [0.05, 0.1) is 6.26 Å². The highest BCUT2D eigenvalue weighted by molar-refractivity contribution is 7.85. The Morgan fingerprint density at radius 3 is 2.56 bits per heavy atom. The SMILES string of the molecule is CS(=O)(=O)ON=C1C=CC(=O)C(C(=O)O)=C1. The van der Waals surface area contributed by atoms with Crippen LogP contribution in [0.4, 0.5) is 0 Å². The van der Waals surface area contributed by atoms with Crippen molar-refractivity contribution in [3.05, 3.63) is 23.8 Å². The van der Waals surface area contributed by atoms with Gasteiger partial charge in [-0.05, 0) is 18.2 Å². The van der Waals surface area contributed by atoms with Gasteiger partial charge in [-0.25, -0.2) is 4.79 Å². The molecule has 8 heteroatoms. The molecule has 0 aliphatic heterocycles. The summed E-state index contributed by atoms with van der Waals surface area (Å²) < 4.78 is 25.3. The zero-order valence-electron chi connectivity index (χ0n) is 8.08. The third kappa shape index (κ3) is 3.31. The van der Waals surface area contributed by atoms with Crippen LogP contribution >= 0.6 is 0 Å². The topological polar surface area (TPSA) is 110 Å². The van der Waals surface area contributed by atoms with Gasteiger partial charge < -0.3 is 5.11 Å². The maximum absolute atomic E-state index is 11.0. The highest BCUT2D eigenvalue weighted by Gasteiger charge is 2.19. The molecule has 0 fully saturated rings. The Hall–Kier alpha value is -1.96. The number of ketones is 1. The monoisotopic (exact) mass is 245 g/mol. The number of hydrogen-bond donors (Lipinski definition) is 1. The first-order valence-corrected chi connectivity index (χ1v) is 5.75. The van der Waals surface area contributed by atoms with Crippen molar-refractivity contribution in [1.29, 1.82) is 0 Å². The summed E-state index contributed by atoms with van der Waals surface area (Å²) in [5, 5.41) is 11.8. The normalized spacial score (nSPS) is 18.4. The van der Waals surface area contributed by atoms with Crippen LogP contribution in [0.2, 0.25) is 0 Å². The number of carboxylic acid groups (broad SMARTS) is 1. The molecule has 1 aliphatic carbocycles. The lowest BCUT2D eigenvalue weighted by molar-refractivity contribution is -0.134. The second-order valence-corrected chi connectivity index (χ2v) is 4.41. The van der Waals surface area contributed by atoms with Crippen LogP contribution in [-0.2, 0) is 24.0 Å². The summed E-state index contributed by atoms with van der Waals surface area (Å²) in [6, 6.07) is 0. The average molecular weight is 245 g/mol. The summed E-state index contributed by atoms with van der Waals surface area (Å²) in [5.41, 5.74) is -0.569. The molecule has 86 valence electrons. The molecule has 1 N–H and O–H groups in total. The number of oxime groups is 1. The van der Waals surface area contributed by atoms with E-state index in [1.165, 1.54) is 0 Å². The fraction of sp³-hybridized carbons (Fsp3) is 0.125. The predicted octanol–water partition coefficient (Wildman–Crippen LogP) is -0.531. The molecule has 0 heterocycles. The van der Waals surface area contributed by atoms with E-state index in [1.54, 1.807) is 0 Å². The van der Waals surface area contributed by atoms with Crippen LogP contribution in [0.15, 0.2) is 29.0 Å². The van der Waals surface area contributed by atoms with E-state index in [0.29, 0.717) is 0 Å². The molecule has 0 aromatic carbocycles. The van der Waals surface area contributed by atoms with Crippen LogP contribution in [0.1, 0.15) is 0 Å². The predicted molar refractivity (Wildman–Crippen MR) is 53.2 cm³/mol. The maximum atomic E-state index is 11.0. The maximum Gasteiger partial charge on any atom is 0.339 e. The Balaban J connectivity index is 2.98. The number of carbonyl (C=O) groups excluding carboxylic acids is 1. The molecule has 1 aliphatic rings. The molecule has 0 radical (unpaired) electrons. The lowest BCUT2D eigenvalue weighted by Crippen LogP contribution is -2.15. The van der Waals surface area contributed by atoms with E-state index < -0.39 is 27.4 Å². The first kappa shape index (κ1) is 12.1. The van der Waals surface area contributed by atoms with Crippen molar-refractivity contribution in [2.24, 2.45) is 5.16 Å². The molecule has 0 saturated heterocycles. The molecule has 0 unspecified atom stereocenters. The Bertz CT molecular complexity index is 525. The number of hydrogen-bond acceptors (Lipinski definition) is 6. The third-order valence-electron chi connectivity index (χ3n) is 1.47. The van der Waals surface area contributed by atoms with Gasteiger partial charge in [0, 0.05) is 0 Å². The Morgan fingerprint density at radius 1 is 1.44 bits per heavy atom. The second kappa shape index (κ2) is 4.27. The largest absolute Gasteiger partial charge is 0.478 e. The van der Waals surface area contributed by atoms with Crippen molar-refractivity contribution in [1.82, 2.24) is 0 Å². The van der Waals surface area contributed by atoms with E-state index in [4.69, 9.17) is 5.11 Å². The van der Waals surface area contributed by atoms with Crippen molar-refractivity contribution >= 4 is 27.6 Å². The van der Waals surface area contributed by atoms with Crippen LogP contribution in [0.3, 0.4) is 0 Å². The molecule has 0 amide bonds. The number of rotatable bonds is 3. The smallest absolute Gasteiger partial charge is 0.339 e. The van der Waals surface area contributed by atoms with E-state index >= 15 is 0 Å². The molecule has 16 heavy (non-hydrogen) atoms. The van der Waals surface area contributed by atoms with Crippen molar-refractivity contribution in [2.45, 2.75) is 0 Å². The van der Waals surface area contributed by atoms with E-state index in [-0.39, 0.29) is 5.71 Å². The summed E-state index contributed by atoms with van der Waals surface area (Å²) in [6.07, 6.45) is 3.83. The number of aliphatic carboxylic acids is 1. The van der Waals surface area contributed by atoms with Crippen molar-refractivity contribution in [3.8, 4) is 0 Å². The van der Waals surface area contributed by atoms with Gasteiger partial charge in [-0.3, -0.25) is 9.08 Å². The first-order chi connectivity index (χ1) is 7.29. The van der Waals surface area contributed by atoms with Gasteiger partial charge in [0.15, 0.2) is 5.78 Å². The number of carbonyl (C=O) groups is 2. The fourth-order valence-electron chi connectivity index (χ4n) is 0.853. The Labute approximate surface area is 90.8 Å². The molecule has 7 nitrogen and oxygen atoms in total. The van der Waals surface area contributed by atoms with E-state index in [9.17, 15) is 18.0 Å². The molecule has 1 rings (SSSR count). The third-order valence-corrected chi connectivity index (χ3v) is 1.82. The molecule has 0 aromatic heterocycles. The number of carboxylic acids is 1. The molecular weight excluding hydrogens is 238 g/mol. The summed E-state index contributed by atoms with van der Waals surface area (Å²) >= 11 is 0. The Morgan fingerprint density at radius 2 is 2.06 bits per heavy atom. The van der Waals surface area contributed by atoms with Crippen molar-refractivity contribution in [3.63, 3.8) is 0 Å². The molecule has 0 saturated carbocycles. The molecular formula is C8H7NO6S. The van der Waals surface area contributed by atoms with Crippen LogP contribution in [0.5, 0.6) is 0 Å². The van der Waals surface area contributed by atoms with Gasteiger partial charge in [-0.2, -0.15) is 8.42 Å². The van der Waals surface area contributed by atoms with E-state index in [1.807, 2.05) is 0 Å². The summed E-state index contributed by atoms with van der Waals surface area (Å²) in [7, 11) is -3.76. The quantitative estimate of drug-likeness (QED) is 0.406. The summed E-state index contributed by atoms with van der Waals surface area (Å²) in [6.45, 7) is 0. The van der Waals surface area contributed by atoms with Gasteiger partial charge >= 0.3 is 16.1 Å². The molecule has 0 aromatic rings. The summed E-state index contributed by atoms with van der Waals surface area (Å²) in [5.74, 6) is -2.10. The van der Waals surface area contributed by atoms with Crippen LogP contribution in [0.25, 0.3) is 0 Å². The number of allylic oxidation sites excluding steroid dienone is 3. The van der Waals surface area contributed by atoms with Gasteiger partial charge in [-0.1, -0.05) is 5.16 Å². The average Bonchev–Trinajstić information content (AvgIpc) is 2.14. The lowest BCUT2D eigenvalue weighted by Gasteiger charge is -2.03. The van der Waals surface area contributed by atoms with Gasteiger partial charge in [0.2, 0.25) is 0 Å². The highest BCUT2D eigenvalue weighted by Crippen LogP contribution is 2.07. The fourth-order valence-corrected chi connectivity index (χ4v) is 1.07. The number of nitrogens with zero attached hydrogens (tertiary/aromatic N) is 1. The van der Waals surface area contributed by atoms with Crippen LogP contribution < -0.4 is 0 Å². The van der Waals surface area contributed by atoms with E-state index in [2.05, 4.69) is 9.44 Å². The molecule has 0 spiro atoms. The zero-order chi connectivity index (χ0) is 12.3. The van der Waals surface area contributed by atoms with Gasteiger partial charge in [-0.15, -0.1) is 0 Å². The molecule has 0 atom stereocenters. The van der Waals surface area contributed by atoms with Crippen LogP contribution in [-0.4, -0.2) is 37.2 Å². The van der Waals surface area contributed by atoms with Gasteiger partial charge in [0.1, 0.15) is 11.3 Å². The highest BCUT2D eigenvalue weighted by atomic mass is 32.2. The standard InChI is InChI=1S/C8H7NO6S/c1-16(13,14)15-9-5-2-3-7(10)6(4-5)8(11)12/h2-4H,1H3,(H,11,12). The molecule has 0 bridgehead atoms. The summed E-state index contributed by atoms with van der Waals surface area (Å²) in [4.78, 5) is 21.6. The minimum atomic E-state index is -3.76. The second-order valence-electron chi connectivity index (χ2n) is 2.86. The van der Waals surface area contributed by atoms with Gasteiger partial charge in [0.25, 0.3) is 0 Å². The van der Waals surface area contributed by atoms with E-state index in [0.717, 1.165) is 24.5 Å². The first-order valence-electron chi connectivity index (χ1n) is 3.93. The zero-order valence-corrected chi connectivity index (χ0v) is 8.89. The van der Waals surface area contributed by atoms with Crippen LogP contribution in [0, 0.1) is 0 Å². The van der Waals surface area contributed by atoms with Crippen molar-refractivity contribution in [2.75, 3.05) is 6.26 Å². The van der Waals surface area contributed by atoms with Crippen molar-refractivity contribution < 1.29 is 27.4 Å².